The number of aryl methyl sites for hydroxylation is 2. The third-order valence-corrected chi connectivity index (χ3v) is 5.63. The molecule has 0 N–H and O–H groups in total. The Morgan fingerprint density at radius 3 is 2.71 bits per heavy atom. The second-order valence-corrected chi connectivity index (χ2v) is 8.02. The van der Waals surface area contributed by atoms with Gasteiger partial charge in [0.05, 0.1) is 12.2 Å². The molecule has 7 heteroatoms. The van der Waals surface area contributed by atoms with Gasteiger partial charge in [0.15, 0.2) is 5.79 Å². The van der Waals surface area contributed by atoms with Gasteiger partial charge in [-0.2, -0.15) is 0 Å². The summed E-state index contributed by atoms with van der Waals surface area (Å²) in [4.78, 5) is 16.6. The molecule has 0 amide bonds. The van der Waals surface area contributed by atoms with Crippen LogP contribution in [-0.2, 0) is 33.5 Å². The highest BCUT2D eigenvalue weighted by molar-refractivity contribution is 6.30. The van der Waals surface area contributed by atoms with Crippen molar-refractivity contribution in [3.63, 3.8) is 0 Å². The van der Waals surface area contributed by atoms with Crippen LogP contribution in [0.25, 0.3) is 0 Å². The van der Waals surface area contributed by atoms with E-state index in [-0.39, 0.29) is 18.7 Å². The fourth-order valence-corrected chi connectivity index (χ4v) is 3.85. The van der Waals surface area contributed by atoms with Crippen molar-refractivity contribution >= 4 is 17.6 Å². The summed E-state index contributed by atoms with van der Waals surface area (Å²) < 4.78 is 20.0. The summed E-state index contributed by atoms with van der Waals surface area (Å²) in [5, 5.41) is 0.651. The Labute approximate surface area is 186 Å². The van der Waals surface area contributed by atoms with Gasteiger partial charge in [-0.3, -0.25) is 0 Å². The number of carbonyl (C=O) groups excluding carboxylic acids is 1. The molecule has 0 spiro atoms. The lowest BCUT2D eigenvalue weighted by Crippen LogP contribution is -2.30. The maximum Gasteiger partial charge on any atom is 0.338 e. The third kappa shape index (κ3) is 5.15. The van der Waals surface area contributed by atoms with Crippen LogP contribution in [0.3, 0.4) is 0 Å². The molecule has 0 radical (unpaired) electrons. The van der Waals surface area contributed by atoms with Gasteiger partial charge in [-0.1, -0.05) is 41.9 Å². The zero-order valence-corrected chi connectivity index (χ0v) is 18.1. The highest BCUT2D eigenvalue weighted by Crippen LogP contribution is 2.39. The van der Waals surface area contributed by atoms with Gasteiger partial charge in [0, 0.05) is 42.9 Å². The number of hydrogen-bond acceptors (Lipinski definition) is 5. The van der Waals surface area contributed by atoms with Crippen LogP contribution in [0.1, 0.15) is 34.6 Å². The van der Waals surface area contributed by atoms with Crippen LogP contribution < -0.4 is 0 Å². The Kier molecular flexibility index (Phi) is 6.70. The monoisotopic (exact) mass is 440 g/mol. The van der Waals surface area contributed by atoms with Gasteiger partial charge in [0.1, 0.15) is 18.5 Å². The Bertz CT molecular complexity index is 1010. The number of esters is 1. The van der Waals surface area contributed by atoms with Crippen molar-refractivity contribution < 1.29 is 19.0 Å². The zero-order valence-electron chi connectivity index (χ0n) is 17.4. The molecule has 1 saturated heterocycles. The lowest BCUT2D eigenvalue weighted by atomic mass is 9.99. The molecule has 6 nitrogen and oxygen atoms in total. The van der Waals surface area contributed by atoms with Crippen LogP contribution in [0.4, 0.5) is 0 Å². The molecular formula is C24H25ClN2O4. The zero-order chi connectivity index (χ0) is 21.7. The highest BCUT2D eigenvalue weighted by Gasteiger charge is 2.43. The van der Waals surface area contributed by atoms with E-state index in [4.69, 9.17) is 25.8 Å². The Morgan fingerprint density at radius 1 is 1.23 bits per heavy atom. The minimum absolute atomic E-state index is 0.127. The maximum atomic E-state index is 12.3. The van der Waals surface area contributed by atoms with E-state index in [0.29, 0.717) is 23.6 Å². The van der Waals surface area contributed by atoms with Gasteiger partial charge in [-0.05, 0) is 30.7 Å². The number of rotatable bonds is 8. The molecule has 1 fully saturated rings. The van der Waals surface area contributed by atoms with E-state index < -0.39 is 5.79 Å². The van der Waals surface area contributed by atoms with Crippen molar-refractivity contribution in [3.8, 4) is 0 Å². The maximum absolute atomic E-state index is 12.3. The Morgan fingerprint density at radius 2 is 2.00 bits per heavy atom. The predicted octanol–water partition coefficient (Wildman–Crippen LogP) is 4.52. The van der Waals surface area contributed by atoms with Crippen molar-refractivity contribution in [1.29, 1.82) is 0 Å². The van der Waals surface area contributed by atoms with Crippen molar-refractivity contribution in [2.75, 3.05) is 13.2 Å². The molecule has 0 saturated carbocycles. The van der Waals surface area contributed by atoms with Crippen LogP contribution in [-0.4, -0.2) is 34.8 Å². The number of benzene rings is 2. The first kappa shape index (κ1) is 21.6. The van der Waals surface area contributed by atoms with E-state index in [2.05, 4.69) is 4.98 Å². The molecule has 1 aliphatic rings. The number of imidazole rings is 1. The Hall–Kier alpha value is -2.67. The normalized spacial score (nSPS) is 20.6. The number of halogens is 1. The van der Waals surface area contributed by atoms with E-state index in [1.807, 2.05) is 48.1 Å². The van der Waals surface area contributed by atoms with E-state index in [0.717, 1.165) is 24.2 Å². The fraction of sp³-hybridized carbons (Fsp3) is 0.333. The Balaban J connectivity index is 1.42. The van der Waals surface area contributed by atoms with Crippen LogP contribution in [0.5, 0.6) is 0 Å². The predicted molar refractivity (Wildman–Crippen MR) is 117 cm³/mol. The van der Waals surface area contributed by atoms with Gasteiger partial charge in [0.2, 0.25) is 0 Å². The fourth-order valence-electron chi connectivity index (χ4n) is 3.72. The molecule has 31 heavy (non-hydrogen) atoms. The average molecular weight is 441 g/mol. The number of ether oxygens (including phenoxy) is 3. The molecule has 2 heterocycles. The van der Waals surface area contributed by atoms with Crippen molar-refractivity contribution in [3.05, 3.63) is 89.0 Å². The van der Waals surface area contributed by atoms with Crippen molar-refractivity contribution in [1.82, 2.24) is 9.55 Å². The van der Waals surface area contributed by atoms with Crippen LogP contribution >= 0.6 is 11.6 Å². The topological polar surface area (TPSA) is 62.6 Å². The molecular weight excluding hydrogens is 416 g/mol. The minimum Gasteiger partial charge on any atom is -0.459 e. The lowest BCUT2D eigenvalue weighted by Gasteiger charge is -2.29. The van der Waals surface area contributed by atoms with Crippen LogP contribution in [0, 0.1) is 0 Å². The first-order chi connectivity index (χ1) is 15.1. The van der Waals surface area contributed by atoms with E-state index in [9.17, 15) is 4.79 Å². The summed E-state index contributed by atoms with van der Waals surface area (Å²) in [6, 6.07) is 16.4. The second-order valence-electron chi connectivity index (χ2n) is 7.58. The van der Waals surface area contributed by atoms with Crippen LogP contribution in [0.15, 0.2) is 67.0 Å². The van der Waals surface area contributed by atoms with Gasteiger partial charge < -0.3 is 18.8 Å². The first-order valence-electron chi connectivity index (χ1n) is 10.3. The number of hydrogen-bond donors (Lipinski definition) is 0. The number of nitrogens with zero attached hydrogens (tertiary/aromatic N) is 2. The van der Waals surface area contributed by atoms with Crippen molar-refractivity contribution in [2.45, 2.75) is 31.2 Å². The largest absolute Gasteiger partial charge is 0.459 e. The lowest BCUT2D eigenvalue weighted by molar-refractivity contribution is -0.185. The molecule has 2 atom stereocenters. The standard InChI is InChI=1S/C24H25ClN2O4/c1-27-15-14-26-22(27)8-5-13-24(19-9-11-20(25)12-10-19)30-17-21(31-24)16-29-23(28)18-6-3-2-4-7-18/h2-4,6-7,9-12,14-15,21H,5,8,13,16-17H2,1H3/t21-,24-/m0/s1. The first-order valence-corrected chi connectivity index (χ1v) is 10.7. The highest BCUT2D eigenvalue weighted by atomic mass is 35.5. The molecule has 0 aliphatic carbocycles. The summed E-state index contributed by atoms with van der Waals surface area (Å²) in [7, 11) is 1.98. The summed E-state index contributed by atoms with van der Waals surface area (Å²) in [5.41, 5.74) is 1.41. The molecule has 2 aromatic carbocycles. The van der Waals surface area contributed by atoms with E-state index >= 15 is 0 Å². The van der Waals surface area contributed by atoms with E-state index in [1.54, 1.807) is 30.5 Å². The summed E-state index contributed by atoms with van der Waals surface area (Å²) in [6.45, 7) is 0.468. The van der Waals surface area contributed by atoms with Gasteiger partial charge in [-0.25, -0.2) is 9.78 Å². The molecule has 1 aliphatic heterocycles. The minimum atomic E-state index is -0.903. The quantitative estimate of drug-likeness (QED) is 0.482. The van der Waals surface area contributed by atoms with E-state index in [1.165, 1.54) is 0 Å². The molecule has 4 rings (SSSR count). The second kappa shape index (κ2) is 9.64. The molecule has 0 unspecified atom stereocenters. The molecule has 1 aromatic heterocycles. The van der Waals surface area contributed by atoms with Gasteiger partial charge in [-0.15, -0.1) is 0 Å². The average Bonchev–Trinajstić information content (AvgIpc) is 3.40. The summed E-state index contributed by atoms with van der Waals surface area (Å²) in [6.07, 6.45) is 5.65. The van der Waals surface area contributed by atoms with Crippen molar-refractivity contribution in [2.24, 2.45) is 7.05 Å². The smallest absolute Gasteiger partial charge is 0.338 e. The summed E-state index contributed by atoms with van der Waals surface area (Å²) >= 11 is 6.07. The summed E-state index contributed by atoms with van der Waals surface area (Å²) in [5.74, 6) is -0.264. The van der Waals surface area contributed by atoms with Gasteiger partial charge >= 0.3 is 5.97 Å². The molecule has 3 aromatic rings. The van der Waals surface area contributed by atoms with Gasteiger partial charge in [0.25, 0.3) is 0 Å². The molecule has 162 valence electrons. The SMILES string of the molecule is Cn1ccnc1CCC[C@]1(c2ccc(Cl)cc2)OC[C@H](COC(=O)c2ccccc2)O1. The molecule has 0 bridgehead atoms. The number of carbonyl (C=O) groups is 1. The van der Waals surface area contributed by atoms with Crippen LogP contribution in [0.2, 0.25) is 5.02 Å². The number of aromatic nitrogens is 2. The third-order valence-electron chi connectivity index (χ3n) is 5.38.